The summed E-state index contributed by atoms with van der Waals surface area (Å²) in [5.41, 5.74) is -1.59. The molecule has 0 spiro atoms. The van der Waals surface area contributed by atoms with Gasteiger partial charge in [-0.15, -0.1) is 11.6 Å². The number of hydrogen-bond acceptors (Lipinski definition) is 2. The van der Waals surface area contributed by atoms with Crippen LogP contribution in [0.4, 0.5) is 0 Å². The van der Waals surface area contributed by atoms with Crippen LogP contribution in [0, 0.1) is 5.92 Å². The van der Waals surface area contributed by atoms with E-state index in [1.54, 1.807) is 19.9 Å². The summed E-state index contributed by atoms with van der Waals surface area (Å²) in [4.78, 5) is 0. The van der Waals surface area contributed by atoms with Gasteiger partial charge in [0.1, 0.15) is 0 Å². The van der Waals surface area contributed by atoms with Crippen molar-refractivity contribution in [3.63, 3.8) is 0 Å². The van der Waals surface area contributed by atoms with Gasteiger partial charge in [0.15, 0.2) is 0 Å². The molecule has 0 radical (unpaired) electrons. The lowest BCUT2D eigenvalue weighted by atomic mass is 9.73. The molecule has 1 aliphatic carbocycles. The Kier molecular flexibility index (Phi) is 5.56. The minimum Gasteiger partial charge on any atom is -0.390 e. The SMILES string of the molecule is CC(C)(O)/C=C/CC(C)(O)C1CC[C@@](C)(Br)[C@H](Cl)C1. The highest BCUT2D eigenvalue weighted by atomic mass is 79.9. The van der Waals surface area contributed by atoms with Crippen molar-refractivity contribution in [2.45, 2.75) is 74.3 Å². The predicted molar refractivity (Wildman–Crippen MR) is 85.0 cm³/mol. The molecular weight excluding hydrogens is 328 g/mol. The molecule has 1 saturated carbocycles. The summed E-state index contributed by atoms with van der Waals surface area (Å²) in [6.07, 6.45) is 6.89. The molecule has 0 heterocycles. The quantitative estimate of drug-likeness (QED) is 0.592. The average Bonchev–Trinajstić information content (AvgIpc) is 2.19. The zero-order chi connectivity index (χ0) is 14.9. The van der Waals surface area contributed by atoms with E-state index >= 15 is 0 Å². The predicted octanol–water partition coefficient (Wildman–Crippen LogP) is 4.02. The summed E-state index contributed by atoms with van der Waals surface area (Å²) >= 11 is 10.1. The molecule has 0 amide bonds. The summed E-state index contributed by atoms with van der Waals surface area (Å²) in [5, 5.41) is 20.3. The molecule has 0 aliphatic heterocycles. The molecule has 0 aromatic heterocycles. The molecule has 4 atom stereocenters. The number of hydrogen-bond donors (Lipinski definition) is 2. The van der Waals surface area contributed by atoms with Crippen LogP contribution in [-0.2, 0) is 0 Å². The second kappa shape index (κ2) is 6.05. The first kappa shape index (κ1) is 17.5. The molecule has 1 rings (SSSR count). The lowest BCUT2D eigenvalue weighted by Crippen LogP contribution is -2.44. The molecule has 4 heteroatoms. The van der Waals surface area contributed by atoms with Gasteiger partial charge in [-0.3, -0.25) is 0 Å². The van der Waals surface area contributed by atoms with Crippen molar-refractivity contribution in [2.24, 2.45) is 5.92 Å². The third-order valence-corrected chi connectivity index (χ3v) is 5.94. The molecule has 2 unspecified atom stereocenters. The number of halogens is 2. The first-order valence-corrected chi connectivity index (χ1v) is 8.12. The van der Waals surface area contributed by atoms with Crippen LogP contribution in [0.25, 0.3) is 0 Å². The largest absolute Gasteiger partial charge is 0.390 e. The topological polar surface area (TPSA) is 40.5 Å². The summed E-state index contributed by atoms with van der Waals surface area (Å²) in [5.74, 6) is 0.201. The van der Waals surface area contributed by atoms with Crippen molar-refractivity contribution in [3.05, 3.63) is 12.2 Å². The van der Waals surface area contributed by atoms with Crippen molar-refractivity contribution < 1.29 is 10.2 Å². The van der Waals surface area contributed by atoms with Gasteiger partial charge < -0.3 is 10.2 Å². The zero-order valence-corrected chi connectivity index (χ0v) is 14.6. The van der Waals surface area contributed by atoms with Crippen LogP contribution in [0.15, 0.2) is 12.2 Å². The van der Waals surface area contributed by atoms with E-state index in [2.05, 4.69) is 22.9 Å². The monoisotopic (exact) mass is 352 g/mol. The highest BCUT2D eigenvalue weighted by molar-refractivity contribution is 9.10. The Hall–Kier alpha value is 0.430. The Morgan fingerprint density at radius 2 is 1.95 bits per heavy atom. The maximum Gasteiger partial charge on any atom is 0.0771 e. The molecule has 112 valence electrons. The van der Waals surface area contributed by atoms with Crippen LogP contribution in [0.2, 0.25) is 0 Å². The fourth-order valence-corrected chi connectivity index (χ4v) is 3.28. The van der Waals surface area contributed by atoms with E-state index < -0.39 is 11.2 Å². The Balaban J connectivity index is 2.61. The maximum atomic E-state index is 10.6. The molecule has 0 aromatic carbocycles. The van der Waals surface area contributed by atoms with E-state index in [0.717, 1.165) is 19.3 Å². The molecule has 0 bridgehead atoms. The van der Waals surface area contributed by atoms with Gasteiger partial charge in [0.2, 0.25) is 0 Å². The third kappa shape index (κ3) is 5.37. The van der Waals surface area contributed by atoms with Crippen molar-refractivity contribution in [2.75, 3.05) is 0 Å². The van der Waals surface area contributed by atoms with E-state index in [9.17, 15) is 10.2 Å². The van der Waals surface area contributed by atoms with Crippen LogP contribution in [0.3, 0.4) is 0 Å². The molecule has 19 heavy (non-hydrogen) atoms. The van der Waals surface area contributed by atoms with Crippen LogP contribution < -0.4 is 0 Å². The van der Waals surface area contributed by atoms with E-state index in [1.165, 1.54) is 0 Å². The fourth-order valence-electron chi connectivity index (χ4n) is 2.54. The van der Waals surface area contributed by atoms with Crippen LogP contribution in [0.5, 0.6) is 0 Å². The highest BCUT2D eigenvalue weighted by Gasteiger charge is 2.42. The molecule has 1 fully saturated rings. The normalized spacial score (nSPS) is 36.4. The number of aliphatic hydroxyl groups is 2. The number of alkyl halides is 2. The average molecular weight is 354 g/mol. The maximum absolute atomic E-state index is 10.6. The molecule has 0 saturated heterocycles. The van der Waals surface area contributed by atoms with E-state index in [1.807, 2.05) is 13.0 Å². The Morgan fingerprint density at radius 3 is 2.42 bits per heavy atom. The molecule has 2 N–H and O–H groups in total. The second-order valence-electron chi connectivity index (χ2n) is 6.83. The summed E-state index contributed by atoms with van der Waals surface area (Å²) in [6, 6.07) is 0. The third-order valence-electron chi connectivity index (χ3n) is 4.06. The summed E-state index contributed by atoms with van der Waals surface area (Å²) in [7, 11) is 0. The van der Waals surface area contributed by atoms with Gasteiger partial charge in [0, 0.05) is 9.70 Å². The highest BCUT2D eigenvalue weighted by Crippen LogP contribution is 2.45. The Morgan fingerprint density at radius 1 is 1.37 bits per heavy atom. The van der Waals surface area contributed by atoms with Gasteiger partial charge in [0.25, 0.3) is 0 Å². The summed E-state index contributed by atoms with van der Waals surface area (Å²) < 4.78 is -0.0237. The second-order valence-corrected chi connectivity index (χ2v) is 9.17. The first-order chi connectivity index (χ1) is 8.44. The standard InChI is InChI=1S/C15H26BrClO2/c1-13(2,18)7-5-8-15(4,19)11-6-9-14(3,16)12(17)10-11/h5,7,11-12,18-19H,6,8-10H2,1-4H3/b7-5+/t11?,12-,14-,15?/m1/s1. The molecule has 1 aliphatic rings. The van der Waals surface area contributed by atoms with E-state index in [4.69, 9.17) is 11.6 Å². The lowest BCUT2D eigenvalue weighted by Gasteiger charge is -2.43. The van der Waals surface area contributed by atoms with Crippen molar-refractivity contribution in [1.29, 1.82) is 0 Å². The van der Waals surface area contributed by atoms with Crippen LogP contribution in [-0.4, -0.2) is 31.1 Å². The lowest BCUT2D eigenvalue weighted by molar-refractivity contribution is -0.0157. The first-order valence-electron chi connectivity index (χ1n) is 6.89. The van der Waals surface area contributed by atoms with E-state index in [0.29, 0.717) is 6.42 Å². The summed E-state index contributed by atoms with van der Waals surface area (Å²) in [6.45, 7) is 7.43. The number of rotatable bonds is 4. The Bertz CT molecular complexity index is 332. The minimum absolute atomic E-state index is 0.0237. The van der Waals surface area contributed by atoms with Gasteiger partial charge in [-0.2, -0.15) is 0 Å². The van der Waals surface area contributed by atoms with E-state index in [-0.39, 0.29) is 15.6 Å². The van der Waals surface area contributed by atoms with Crippen molar-refractivity contribution >= 4 is 27.5 Å². The molecule has 0 aromatic rings. The van der Waals surface area contributed by atoms with Gasteiger partial charge in [-0.05, 0) is 59.3 Å². The fraction of sp³-hybridized carbons (Fsp3) is 0.867. The minimum atomic E-state index is -0.827. The van der Waals surface area contributed by atoms with Gasteiger partial charge in [-0.1, -0.05) is 28.1 Å². The van der Waals surface area contributed by atoms with Gasteiger partial charge in [-0.25, -0.2) is 0 Å². The Labute approximate surface area is 130 Å². The molecule has 2 nitrogen and oxygen atoms in total. The van der Waals surface area contributed by atoms with Crippen LogP contribution >= 0.6 is 27.5 Å². The van der Waals surface area contributed by atoms with Crippen molar-refractivity contribution in [3.8, 4) is 0 Å². The molecular formula is C15H26BrClO2. The van der Waals surface area contributed by atoms with Gasteiger partial charge >= 0.3 is 0 Å². The zero-order valence-electron chi connectivity index (χ0n) is 12.3. The van der Waals surface area contributed by atoms with Gasteiger partial charge in [0.05, 0.1) is 11.2 Å². The smallest absolute Gasteiger partial charge is 0.0771 e. The van der Waals surface area contributed by atoms with Crippen molar-refractivity contribution in [1.82, 2.24) is 0 Å². The van der Waals surface area contributed by atoms with Crippen LogP contribution in [0.1, 0.15) is 53.4 Å².